The van der Waals surface area contributed by atoms with Gasteiger partial charge in [0.15, 0.2) is 5.13 Å². The Balaban J connectivity index is 2.32. The number of hydrogen-bond acceptors (Lipinski definition) is 4. The molecule has 0 radical (unpaired) electrons. The molecule has 1 aromatic heterocycles. The van der Waals surface area contributed by atoms with Gasteiger partial charge in [-0.2, -0.15) is 0 Å². The number of rotatable bonds is 3. The van der Waals surface area contributed by atoms with Crippen LogP contribution in [0.4, 0.5) is 5.13 Å². The van der Waals surface area contributed by atoms with Crippen molar-refractivity contribution < 1.29 is 4.74 Å². The van der Waals surface area contributed by atoms with E-state index < -0.39 is 0 Å². The lowest BCUT2D eigenvalue weighted by molar-refractivity contribution is 0.414. The summed E-state index contributed by atoms with van der Waals surface area (Å²) in [5.74, 6) is 0.882. The smallest absolute Gasteiger partial charge is 0.180 e. The topological polar surface area (TPSA) is 48.1 Å². The molecule has 2 rings (SSSR count). The molecule has 19 heavy (non-hydrogen) atoms. The van der Waals surface area contributed by atoms with E-state index in [2.05, 4.69) is 37.9 Å². The first kappa shape index (κ1) is 13.9. The van der Waals surface area contributed by atoms with Crippen molar-refractivity contribution in [1.29, 1.82) is 0 Å². The van der Waals surface area contributed by atoms with Gasteiger partial charge in [0.05, 0.1) is 12.8 Å². The van der Waals surface area contributed by atoms with Gasteiger partial charge in [-0.25, -0.2) is 4.98 Å². The van der Waals surface area contributed by atoms with Gasteiger partial charge < -0.3 is 10.5 Å². The zero-order valence-corrected chi connectivity index (χ0v) is 12.7. The quantitative estimate of drug-likeness (QED) is 0.931. The number of hydrogen-bond donors (Lipinski definition) is 1. The summed E-state index contributed by atoms with van der Waals surface area (Å²) in [5.41, 5.74) is 8.20. The Kier molecular flexibility index (Phi) is 3.80. The summed E-state index contributed by atoms with van der Waals surface area (Å²) in [6.07, 6.45) is 0.846. The summed E-state index contributed by atoms with van der Waals surface area (Å²) in [7, 11) is 1.68. The highest BCUT2D eigenvalue weighted by molar-refractivity contribution is 7.15. The summed E-state index contributed by atoms with van der Waals surface area (Å²) >= 11 is 1.58. The Hall–Kier alpha value is -1.55. The van der Waals surface area contributed by atoms with E-state index in [1.165, 1.54) is 10.4 Å². The second-order valence-corrected chi connectivity index (χ2v) is 6.72. The van der Waals surface area contributed by atoms with Gasteiger partial charge in [0.2, 0.25) is 0 Å². The zero-order chi connectivity index (χ0) is 14.0. The number of thiazole rings is 1. The molecular weight excluding hydrogens is 256 g/mol. The van der Waals surface area contributed by atoms with Gasteiger partial charge >= 0.3 is 0 Å². The van der Waals surface area contributed by atoms with Crippen LogP contribution in [0.1, 0.15) is 36.9 Å². The van der Waals surface area contributed by atoms with Crippen molar-refractivity contribution in [1.82, 2.24) is 4.98 Å². The van der Waals surface area contributed by atoms with Gasteiger partial charge in [-0.3, -0.25) is 0 Å². The molecular formula is C15H20N2OS. The minimum Gasteiger partial charge on any atom is -0.497 e. The molecule has 1 heterocycles. The van der Waals surface area contributed by atoms with E-state index in [4.69, 9.17) is 10.5 Å². The summed E-state index contributed by atoms with van der Waals surface area (Å²) < 4.78 is 5.26. The highest BCUT2D eigenvalue weighted by atomic mass is 32.1. The Morgan fingerprint density at radius 2 is 2.05 bits per heavy atom. The molecule has 2 N–H and O–H groups in total. The fraction of sp³-hybridized carbons (Fsp3) is 0.400. The lowest BCUT2D eigenvalue weighted by atomic mass is 9.90. The lowest BCUT2D eigenvalue weighted by Crippen LogP contribution is -2.14. The molecule has 0 spiro atoms. The van der Waals surface area contributed by atoms with Gasteiger partial charge in [-0.1, -0.05) is 32.9 Å². The van der Waals surface area contributed by atoms with E-state index in [0.717, 1.165) is 17.9 Å². The second kappa shape index (κ2) is 5.21. The molecule has 2 aromatic rings. The van der Waals surface area contributed by atoms with Crippen LogP contribution in [-0.4, -0.2) is 12.1 Å². The van der Waals surface area contributed by atoms with Gasteiger partial charge in [-0.05, 0) is 17.7 Å². The lowest BCUT2D eigenvalue weighted by Gasteiger charge is -2.17. The van der Waals surface area contributed by atoms with Crippen LogP contribution in [-0.2, 0) is 11.8 Å². The predicted molar refractivity (Wildman–Crippen MR) is 81.0 cm³/mol. The highest BCUT2D eigenvalue weighted by Gasteiger charge is 2.22. The normalized spacial score (nSPS) is 11.6. The third-order valence-electron chi connectivity index (χ3n) is 2.92. The molecule has 0 unspecified atom stereocenters. The fourth-order valence-corrected chi connectivity index (χ4v) is 3.12. The molecule has 0 saturated carbocycles. The van der Waals surface area contributed by atoms with Crippen molar-refractivity contribution >= 4 is 16.5 Å². The molecule has 3 nitrogen and oxygen atoms in total. The number of ether oxygens (including phenoxy) is 1. The van der Waals surface area contributed by atoms with Crippen LogP contribution >= 0.6 is 11.3 Å². The van der Waals surface area contributed by atoms with Gasteiger partial charge in [0.25, 0.3) is 0 Å². The van der Waals surface area contributed by atoms with E-state index >= 15 is 0 Å². The monoisotopic (exact) mass is 276 g/mol. The molecule has 0 saturated heterocycles. The van der Waals surface area contributed by atoms with E-state index in [1.807, 2.05) is 12.1 Å². The second-order valence-electron chi connectivity index (χ2n) is 5.60. The Morgan fingerprint density at radius 3 is 2.68 bits per heavy atom. The van der Waals surface area contributed by atoms with Crippen molar-refractivity contribution in [2.45, 2.75) is 32.6 Å². The van der Waals surface area contributed by atoms with Crippen LogP contribution in [0.2, 0.25) is 0 Å². The standard InChI is InChI=1S/C15H20N2OS/c1-15(2,3)13-12(19-14(16)17-13)9-10-6-5-7-11(8-10)18-4/h5-8H,9H2,1-4H3,(H2,16,17). The number of nitrogen functional groups attached to an aromatic ring is 1. The maximum absolute atomic E-state index is 5.87. The summed E-state index contributed by atoms with van der Waals surface area (Å²) in [5, 5.41) is 0.642. The van der Waals surface area contributed by atoms with E-state index in [1.54, 1.807) is 18.4 Å². The summed E-state index contributed by atoms with van der Waals surface area (Å²) in [6, 6.07) is 8.12. The Labute approximate surface area is 118 Å². The Morgan fingerprint density at radius 1 is 1.32 bits per heavy atom. The van der Waals surface area contributed by atoms with Crippen LogP contribution in [0.3, 0.4) is 0 Å². The number of methoxy groups -OCH3 is 1. The zero-order valence-electron chi connectivity index (χ0n) is 11.9. The molecule has 1 aromatic carbocycles. The molecule has 0 atom stereocenters. The van der Waals surface area contributed by atoms with E-state index in [9.17, 15) is 0 Å². The molecule has 0 aliphatic carbocycles. The average Bonchev–Trinajstić information content (AvgIpc) is 2.70. The largest absolute Gasteiger partial charge is 0.497 e. The third kappa shape index (κ3) is 3.26. The number of aromatic nitrogens is 1. The van der Waals surface area contributed by atoms with Crippen molar-refractivity contribution in [3.63, 3.8) is 0 Å². The van der Waals surface area contributed by atoms with E-state index in [-0.39, 0.29) is 5.41 Å². The molecule has 0 aliphatic heterocycles. The molecule has 0 aliphatic rings. The first-order chi connectivity index (χ1) is 8.90. The molecule has 0 amide bonds. The van der Waals surface area contributed by atoms with Crippen molar-refractivity contribution in [3.05, 3.63) is 40.4 Å². The van der Waals surface area contributed by atoms with E-state index in [0.29, 0.717) is 5.13 Å². The molecule has 0 bridgehead atoms. The van der Waals surface area contributed by atoms with Crippen molar-refractivity contribution in [2.24, 2.45) is 0 Å². The van der Waals surface area contributed by atoms with Crippen LogP contribution < -0.4 is 10.5 Å². The number of nitrogens with two attached hydrogens (primary N) is 1. The number of nitrogens with zero attached hydrogens (tertiary/aromatic N) is 1. The fourth-order valence-electron chi connectivity index (χ4n) is 2.04. The van der Waals surface area contributed by atoms with Gasteiger partial charge in [0, 0.05) is 16.7 Å². The minimum atomic E-state index is 0.0162. The van der Waals surface area contributed by atoms with Crippen molar-refractivity contribution in [3.8, 4) is 5.75 Å². The SMILES string of the molecule is COc1cccc(Cc2sc(N)nc2C(C)(C)C)c1. The van der Waals surface area contributed by atoms with Crippen LogP contribution in [0.15, 0.2) is 24.3 Å². The number of anilines is 1. The van der Waals surface area contributed by atoms with Crippen LogP contribution in [0.5, 0.6) is 5.75 Å². The first-order valence-corrected chi connectivity index (χ1v) is 7.10. The number of benzene rings is 1. The Bertz CT molecular complexity index is 570. The summed E-state index contributed by atoms with van der Waals surface area (Å²) in [4.78, 5) is 5.72. The maximum Gasteiger partial charge on any atom is 0.180 e. The highest BCUT2D eigenvalue weighted by Crippen LogP contribution is 2.32. The molecule has 4 heteroatoms. The van der Waals surface area contributed by atoms with Crippen molar-refractivity contribution in [2.75, 3.05) is 12.8 Å². The average molecular weight is 276 g/mol. The van der Waals surface area contributed by atoms with Gasteiger partial charge in [0.1, 0.15) is 5.75 Å². The molecule has 102 valence electrons. The third-order valence-corrected chi connectivity index (χ3v) is 3.81. The van der Waals surface area contributed by atoms with Crippen LogP contribution in [0, 0.1) is 0 Å². The van der Waals surface area contributed by atoms with Gasteiger partial charge in [-0.15, -0.1) is 11.3 Å². The predicted octanol–water partition coefficient (Wildman–Crippen LogP) is 3.62. The van der Waals surface area contributed by atoms with Crippen LogP contribution in [0.25, 0.3) is 0 Å². The summed E-state index contributed by atoms with van der Waals surface area (Å²) in [6.45, 7) is 6.49. The maximum atomic E-state index is 5.87. The first-order valence-electron chi connectivity index (χ1n) is 6.28. The molecule has 0 fully saturated rings. The minimum absolute atomic E-state index is 0.0162.